The number of aryl methyl sites for hydroxylation is 1. The largest absolute Gasteiger partial charge is 0.358 e. The molecule has 2 heterocycles. The Morgan fingerprint density at radius 1 is 1.39 bits per heavy atom. The Morgan fingerprint density at radius 2 is 2.17 bits per heavy atom. The van der Waals surface area contributed by atoms with E-state index in [0.717, 1.165) is 28.0 Å². The number of carbonyl (C=O) groups is 1. The van der Waals surface area contributed by atoms with Crippen molar-refractivity contribution >= 4 is 29.0 Å². The lowest BCUT2D eigenvalue weighted by atomic mass is 10.1. The molecule has 2 aromatic heterocycles. The van der Waals surface area contributed by atoms with E-state index in [2.05, 4.69) is 20.5 Å². The number of aromatic amines is 2. The third-order valence-corrected chi connectivity index (χ3v) is 4.37. The Morgan fingerprint density at radius 3 is 2.91 bits per heavy atom. The van der Waals surface area contributed by atoms with Crippen molar-refractivity contribution in [3.63, 3.8) is 0 Å². The third kappa shape index (κ3) is 3.19. The lowest BCUT2D eigenvalue weighted by Crippen LogP contribution is -2.28. The van der Waals surface area contributed by atoms with Gasteiger partial charge in [-0.05, 0) is 30.8 Å². The number of hydrogen-bond acceptors (Lipinski definition) is 3. The maximum absolute atomic E-state index is 12.2. The van der Waals surface area contributed by atoms with Crippen LogP contribution in [0.5, 0.6) is 0 Å². The van der Waals surface area contributed by atoms with E-state index in [4.69, 9.17) is 12.2 Å². The van der Waals surface area contributed by atoms with Crippen molar-refractivity contribution in [1.29, 1.82) is 0 Å². The second kappa shape index (κ2) is 6.37. The highest BCUT2D eigenvalue weighted by atomic mass is 32.1. The number of rotatable bonds is 5. The number of fused-ring (bicyclic) bond motifs is 1. The van der Waals surface area contributed by atoms with E-state index in [9.17, 15) is 4.79 Å². The summed E-state index contributed by atoms with van der Waals surface area (Å²) in [6.45, 7) is 2.53. The van der Waals surface area contributed by atoms with E-state index in [1.165, 1.54) is 0 Å². The molecule has 1 amide bonds. The first-order valence-corrected chi connectivity index (χ1v) is 7.90. The van der Waals surface area contributed by atoms with E-state index in [-0.39, 0.29) is 5.91 Å². The zero-order chi connectivity index (χ0) is 16.4. The quantitative estimate of drug-likeness (QED) is 0.628. The molecule has 0 fully saturated rings. The van der Waals surface area contributed by atoms with Crippen molar-refractivity contribution in [3.05, 3.63) is 46.1 Å². The molecular weight excluding hydrogens is 310 g/mol. The summed E-state index contributed by atoms with van der Waals surface area (Å²) in [7, 11) is 1.86. The van der Waals surface area contributed by atoms with Crippen molar-refractivity contribution in [2.45, 2.75) is 19.8 Å². The first-order chi connectivity index (χ1) is 11.1. The lowest BCUT2D eigenvalue weighted by Gasteiger charge is -2.05. The van der Waals surface area contributed by atoms with Gasteiger partial charge in [-0.15, -0.1) is 0 Å². The Hall–Kier alpha value is -2.41. The van der Waals surface area contributed by atoms with Crippen molar-refractivity contribution in [2.24, 2.45) is 7.05 Å². The van der Waals surface area contributed by atoms with Gasteiger partial charge in [0, 0.05) is 36.6 Å². The lowest BCUT2D eigenvalue weighted by molar-refractivity contribution is -0.120. The summed E-state index contributed by atoms with van der Waals surface area (Å²) < 4.78 is 2.39. The monoisotopic (exact) mass is 329 g/mol. The first-order valence-electron chi connectivity index (χ1n) is 7.49. The van der Waals surface area contributed by atoms with Crippen LogP contribution in [-0.2, 0) is 24.7 Å². The van der Waals surface area contributed by atoms with Crippen LogP contribution in [-0.4, -0.2) is 32.2 Å². The molecule has 7 heteroatoms. The van der Waals surface area contributed by atoms with E-state index >= 15 is 0 Å². The summed E-state index contributed by atoms with van der Waals surface area (Å²) in [4.78, 5) is 15.5. The molecule has 3 rings (SSSR count). The molecule has 0 spiro atoms. The normalized spacial score (nSPS) is 11.0. The Bertz CT molecular complexity index is 905. The fourth-order valence-corrected chi connectivity index (χ4v) is 2.85. The van der Waals surface area contributed by atoms with Crippen LogP contribution in [0.15, 0.2) is 24.3 Å². The van der Waals surface area contributed by atoms with Crippen LogP contribution in [0.1, 0.15) is 17.1 Å². The number of aromatic nitrogens is 4. The van der Waals surface area contributed by atoms with E-state index in [0.29, 0.717) is 24.2 Å². The molecule has 120 valence electrons. The van der Waals surface area contributed by atoms with Gasteiger partial charge < -0.3 is 14.9 Å². The molecule has 0 aliphatic heterocycles. The average Bonchev–Trinajstić information content (AvgIpc) is 3.01. The SMILES string of the molecule is Cc1[nH]c2ccccc2c1CC(=O)NCCc1n[nH]c(=S)n1C. The van der Waals surface area contributed by atoms with Gasteiger partial charge >= 0.3 is 0 Å². The predicted molar refractivity (Wildman–Crippen MR) is 91.8 cm³/mol. The molecule has 0 aliphatic carbocycles. The van der Waals surface area contributed by atoms with Crippen molar-refractivity contribution in [1.82, 2.24) is 25.1 Å². The second-order valence-corrected chi connectivity index (χ2v) is 5.94. The Labute approximate surface area is 138 Å². The van der Waals surface area contributed by atoms with Gasteiger partial charge in [-0.3, -0.25) is 9.89 Å². The molecule has 3 N–H and O–H groups in total. The number of nitrogens with zero attached hydrogens (tertiary/aromatic N) is 2. The van der Waals surface area contributed by atoms with Gasteiger partial charge in [0.2, 0.25) is 5.91 Å². The van der Waals surface area contributed by atoms with Gasteiger partial charge in [0.25, 0.3) is 0 Å². The minimum atomic E-state index is 0.00892. The second-order valence-electron chi connectivity index (χ2n) is 5.55. The smallest absolute Gasteiger partial charge is 0.224 e. The fourth-order valence-electron chi connectivity index (χ4n) is 2.70. The zero-order valence-electron chi connectivity index (χ0n) is 13.1. The zero-order valence-corrected chi connectivity index (χ0v) is 14.0. The number of carbonyl (C=O) groups excluding carboxylic acids is 1. The van der Waals surface area contributed by atoms with Gasteiger partial charge in [0.15, 0.2) is 4.77 Å². The van der Waals surface area contributed by atoms with Crippen LogP contribution in [0, 0.1) is 11.7 Å². The summed E-state index contributed by atoms with van der Waals surface area (Å²) in [6.07, 6.45) is 1.01. The van der Waals surface area contributed by atoms with Gasteiger partial charge in [0.05, 0.1) is 6.42 Å². The number of para-hydroxylation sites is 1. The van der Waals surface area contributed by atoms with Crippen LogP contribution in [0.3, 0.4) is 0 Å². The van der Waals surface area contributed by atoms with Gasteiger partial charge in [-0.1, -0.05) is 18.2 Å². The highest BCUT2D eigenvalue weighted by molar-refractivity contribution is 7.71. The van der Waals surface area contributed by atoms with E-state index in [1.807, 2.05) is 42.8 Å². The van der Waals surface area contributed by atoms with Crippen LogP contribution in [0.2, 0.25) is 0 Å². The van der Waals surface area contributed by atoms with Gasteiger partial charge in [-0.2, -0.15) is 5.10 Å². The molecule has 23 heavy (non-hydrogen) atoms. The van der Waals surface area contributed by atoms with Gasteiger partial charge in [-0.25, -0.2) is 0 Å². The molecule has 0 saturated heterocycles. The summed E-state index contributed by atoms with van der Waals surface area (Å²) >= 11 is 5.07. The van der Waals surface area contributed by atoms with Crippen LogP contribution in [0.25, 0.3) is 10.9 Å². The maximum Gasteiger partial charge on any atom is 0.224 e. The average molecular weight is 329 g/mol. The summed E-state index contributed by atoms with van der Waals surface area (Å²) in [5.41, 5.74) is 3.15. The topological polar surface area (TPSA) is 78.5 Å². The summed E-state index contributed by atoms with van der Waals surface area (Å²) in [5, 5.41) is 10.9. The number of H-pyrrole nitrogens is 2. The molecule has 0 aliphatic rings. The molecule has 3 aromatic rings. The van der Waals surface area contributed by atoms with Crippen molar-refractivity contribution in [3.8, 4) is 0 Å². The van der Waals surface area contributed by atoms with Crippen LogP contribution < -0.4 is 5.32 Å². The molecule has 0 saturated carbocycles. The molecule has 0 bridgehead atoms. The Balaban J connectivity index is 1.62. The van der Waals surface area contributed by atoms with Crippen LogP contribution >= 0.6 is 12.2 Å². The molecule has 0 radical (unpaired) electrons. The standard InChI is InChI=1S/C16H19N5OS/c1-10-12(11-5-3-4-6-13(11)18-10)9-15(22)17-8-7-14-19-20-16(23)21(14)2/h3-6,18H,7-9H2,1-2H3,(H,17,22)(H,20,23). The number of amides is 1. The van der Waals surface area contributed by atoms with Crippen molar-refractivity contribution < 1.29 is 4.79 Å². The summed E-state index contributed by atoms with van der Waals surface area (Å²) in [6, 6.07) is 8.03. The van der Waals surface area contributed by atoms with E-state index < -0.39 is 0 Å². The third-order valence-electron chi connectivity index (χ3n) is 4.01. The Kier molecular flexibility index (Phi) is 4.29. The van der Waals surface area contributed by atoms with E-state index in [1.54, 1.807) is 0 Å². The van der Waals surface area contributed by atoms with Crippen LogP contribution in [0.4, 0.5) is 0 Å². The highest BCUT2D eigenvalue weighted by Gasteiger charge is 2.12. The highest BCUT2D eigenvalue weighted by Crippen LogP contribution is 2.22. The molecular formula is C16H19N5OS. The first kappa shape index (κ1) is 15.5. The maximum atomic E-state index is 12.2. The summed E-state index contributed by atoms with van der Waals surface area (Å²) in [5.74, 6) is 0.841. The van der Waals surface area contributed by atoms with Crippen molar-refractivity contribution in [2.75, 3.05) is 6.54 Å². The minimum absolute atomic E-state index is 0.00892. The number of nitrogens with one attached hydrogen (secondary N) is 3. The molecule has 0 unspecified atom stereocenters. The fraction of sp³-hybridized carbons (Fsp3) is 0.312. The number of hydrogen-bond donors (Lipinski definition) is 3. The minimum Gasteiger partial charge on any atom is -0.358 e. The molecule has 6 nitrogen and oxygen atoms in total. The predicted octanol–water partition coefficient (Wildman–Crippen LogP) is 2.17. The van der Waals surface area contributed by atoms with Gasteiger partial charge in [0.1, 0.15) is 5.82 Å². The molecule has 1 aromatic carbocycles. The molecule has 0 atom stereocenters. The number of benzene rings is 1.